The quantitative estimate of drug-likeness (QED) is 0.879. The van der Waals surface area contributed by atoms with Crippen LogP contribution >= 0.6 is 0 Å². The Morgan fingerprint density at radius 1 is 1.36 bits per heavy atom. The van der Waals surface area contributed by atoms with Crippen molar-refractivity contribution in [2.24, 2.45) is 5.92 Å². The molecule has 1 aromatic rings. The van der Waals surface area contributed by atoms with Gasteiger partial charge in [-0.25, -0.2) is 0 Å². The molecule has 134 valence electrons. The molecule has 0 bridgehead atoms. The summed E-state index contributed by atoms with van der Waals surface area (Å²) in [6.45, 7) is 7.34. The van der Waals surface area contributed by atoms with Crippen LogP contribution < -0.4 is 5.32 Å². The Bertz CT molecular complexity index is 650. The molecule has 2 amide bonds. The number of nitrogens with one attached hydrogen (secondary N) is 1. The zero-order valence-electron chi connectivity index (χ0n) is 15.2. The average molecular weight is 342 g/mol. The van der Waals surface area contributed by atoms with Crippen molar-refractivity contribution >= 4 is 11.8 Å². The van der Waals surface area contributed by atoms with Crippen LogP contribution in [-0.2, 0) is 4.79 Å². The Kier molecular flexibility index (Phi) is 6.54. The highest BCUT2D eigenvalue weighted by atomic mass is 16.2. The minimum atomic E-state index is -0.305. The summed E-state index contributed by atoms with van der Waals surface area (Å²) in [5.74, 6) is 0.0285. The monoisotopic (exact) mass is 342 g/mol. The second-order valence-electron chi connectivity index (χ2n) is 6.60. The van der Waals surface area contributed by atoms with Gasteiger partial charge < -0.3 is 15.1 Å². The Labute approximate surface area is 149 Å². The zero-order valence-corrected chi connectivity index (χ0v) is 15.2. The minimum absolute atomic E-state index is 0.0178. The summed E-state index contributed by atoms with van der Waals surface area (Å²) in [7, 11) is 1.82. The summed E-state index contributed by atoms with van der Waals surface area (Å²) >= 11 is 0. The van der Waals surface area contributed by atoms with Gasteiger partial charge in [-0.1, -0.05) is 13.8 Å². The van der Waals surface area contributed by atoms with E-state index < -0.39 is 0 Å². The Balaban J connectivity index is 1.86. The Morgan fingerprint density at radius 3 is 2.60 bits per heavy atom. The van der Waals surface area contributed by atoms with Gasteiger partial charge in [0.05, 0.1) is 18.2 Å². The third kappa shape index (κ3) is 4.80. The highest BCUT2D eigenvalue weighted by Gasteiger charge is 2.30. The van der Waals surface area contributed by atoms with Crippen LogP contribution in [0.2, 0.25) is 0 Å². The molecule has 0 radical (unpaired) electrons. The third-order valence-electron chi connectivity index (χ3n) is 4.96. The molecule has 2 rings (SSSR count). The van der Waals surface area contributed by atoms with Crippen LogP contribution in [0.4, 0.5) is 0 Å². The van der Waals surface area contributed by atoms with Crippen molar-refractivity contribution in [3.8, 4) is 6.07 Å². The topological polar surface area (TPSA) is 76.4 Å². The number of amides is 2. The highest BCUT2D eigenvalue weighted by Crippen LogP contribution is 2.21. The van der Waals surface area contributed by atoms with Crippen molar-refractivity contribution in [1.29, 1.82) is 5.26 Å². The number of piperidine rings is 1. The standard InChI is InChI=1S/C19H26N4O2/c1-4-23-10-9-17(14(2)13-23)22(3)18(24)12-21-19(25)16-7-5-15(11-20)6-8-16/h5-8,14,17H,4,9-10,12-13H2,1-3H3,(H,21,25). The number of hydrogen-bond acceptors (Lipinski definition) is 4. The second-order valence-corrected chi connectivity index (χ2v) is 6.60. The number of likely N-dealkylation sites (tertiary alicyclic amines) is 1. The van der Waals surface area contributed by atoms with Crippen LogP contribution in [0.3, 0.4) is 0 Å². The van der Waals surface area contributed by atoms with E-state index in [1.165, 1.54) is 0 Å². The zero-order chi connectivity index (χ0) is 18.4. The first-order chi connectivity index (χ1) is 12.0. The van der Waals surface area contributed by atoms with Crippen molar-refractivity contribution in [3.05, 3.63) is 35.4 Å². The van der Waals surface area contributed by atoms with E-state index in [9.17, 15) is 9.59 Å². The molecule has 2 atom stereocenters. The molecule has 1 N–H and O–H groups in total. The SMILES string of the molecule is CCN1CCC(N(C)C(=O)CNC(=O)c2ccc(C#N)cc2)C(C)C1. The van der Waals surface area contributed by atoms with E-state index in [1.807, 2.05) is 13.1 Å². The van der Waals surface area contributed by atoms with Crippen molar-refractivity contribution in [2.45, 2.75) is 26.3 Å². The lowest BCUT2D eigenvalue weighted by molar-refractivity contribution is -0.132. The summed E-state index contributed by atoms with van der Waals surface area (Å²) in [6, 6.07) is 8.57. The van der Waals surface area contributed by atoms with Crippen LogP contribution in [0.15, 0.2) is 24.3 Å². The Hall–Kier alpha value is -2.39. The van der Waals surface area contributed by atoms with Gasteiger partial charge in [-0.3, -0.25) is 9.59 Å². The molecule has 6 nitrogen and oxygen atoms in total. The smallest absolute Gasteiger partial charge is 0.251 e. The lowest BCUT2D eigenvalue weighted by atomic mass is 9.92. The van der Waals surface area contributed by atoms with Crippen LogP contribution in [0.1, 0.15) is 36.2 Å². The molecule has 0 saturated carbocycles. The van der Waals surface area contributed by atoms with Gasteiger partial charge in [0.1, 0.15) is 0 Å². The lowest BCUT2D eigenvalue weighted by Gasteiger charge is -2.41. The second kappa shape index (κ2) is 8.63. The normalized spacial score (nSPS) is 20.6. The first-order valence-electron chi connectivity index (χ1n) is 8.72. The maximum atomic E-state index is 12.4. The fourth-order valence-electron chi connectivity index (χ4n) is 3.35. The van der Waals surface area contributed by atoms with E-state index >= 15 is 0 Å². The van der Waals surface area contributed by atoms with E-state index in [0.29, 0.717) is 17.0 Å². The van der Waals surface area contributed by atoms with Gasteiger partial charge >= 0.3 is 0 Å². The van der Waals surface area contributed by atoms with Crippen LogP contribution in [-0.4, -0.2) is 60.9 Å². The number of hydrogen-bond donors (Lipinski definition) is 1. The molecule has 0 spiro atoms. The first kappa shape index (κ1) is 18.9. The molecule has 1 aliphatic heterocycles. The maximum Gasteiger partial charge on any atom is 0.251 e. The number of carbonyl (C=O) groups excluding carboxylic acids is 2. The van der Waals surface area contributed by atoms with E-state index in [2.05, 4.69) is 24.1 Å². The van der Waals surface area contributed by atoms with Gasteiger partial charge in [0.2, 0.25) is 5.91 Å². The van der Waals surface area contributed by atoms with E-state index in [0.717, 1.165) is 26.1 Å². The number of likely N-dealkylation sites (N-methyl/N-ethyl adjacent to an activating group) is 1. The van der Waals surface area contributed by atoms with E-state index in [-0.39, 0.29) is 24.4 Å². The van der Waals surface area contributed by atoms with Gasteiger partial charge in [-0.2, -0.15) is 5.26 Å². The summed E-state index contributed by atoms with van der Waals surface area (Å²) in [4.78, 5) is 28.7. The fourth-order valence-corrected chi connectivity index (χ4v) is 3.35. The van der Waals surface area contributed by atoms with Crippen LogP contribution in [0.5, 0.6) is 0 Å². The lowest BCUT2D eigenvalue weighted by Crippen LogP contribution is -2.52. The largest absolute Gasteiger partial charge is 0.343 e. The molecule has 1 saturated heterocycles. The number of rotatable bonds is 5. The predicted molar refractivity (Wildman–Crippen MR) is 95.9 cm³/mol. The summed E-state index contributed by atoms with van der Waals surface area (Å²) in [5.41, 5.74) is 0.943. The molecule has 0 aromatic heterocycles. The van der Waals surface area contributed by atoms with Gasteiger partial charge in [-0.15, -0.1) is 0 Å². The first-order valence-corrected chi connectivity index (χ1v) is 8.72. The van der Waals surface area contributed by atoms with Crippen molar-refractivity contribution in [3.63, 3.8) is 0 Å². The summed E-state index contributed by atoms with van der Waals surface area (Å²) in [5, 5.41) is 11.4. The molecule has 25 heavy (non-hydrogen) atoms. The van der Waals surface area contributed by atoms with E-state index in [1.54, 1.807) is 29.2 Å². The molecule has 2 unspecified atom stereocenters. The average Bonchev–Trinajstić information content (AvgIpc) is 2.65. The van der Waals surface area contributed by atoms with Crippen LogP contribution in [0.25, 0.3) is 0 Å². The molecule has 0 aliphatic carbocycles. The van der Waals surface area contributed by atoms with E-state index in [4.69, 9.17) is 5.26 Å². The van der Waals surface area contributed by atoms with Crippen LogP contribution in [0, 0.1) is 17.2 Å². The molecular weight excluding hydrogens is 316 g/mol. The molecule has 1 heterocycles. The van der Waals surface area contributed by atoms with Gasteiger partial charge in [0.15, 0.2) is 0 Å². The number of carbonyl (C=O) groups is 2. The molecular formula is C19H26N4O2. The maximum absolute atomic E-state index is 12.4. The summed E-state index contributed by atoms with van der Waals surface area (Å²) < 4.78 is 0. The van der Waals surface area contributed by atoms with Gasteiger partial charge in [0, 0.05) is 31.7 Å². The number of nitrogens with zero attached hydrogens (tertiary/aromatic N) is 3. The molecule has 1 fully saturated rings. The predicted octanol–water partition coefficient (Wildman–Crippen LogP) is 1.48. The Morgan fingerprint density at radius 2 is 2.04 bits per heavy atom. The highest BCUT2D eigenvalue weighted by molar-refractivity contribution is 5.96. The summed E-state index contributed by atoms with van der Waals surface area (Å²) in [6.07, 6.45) is 0.959. The molecule has 1 aliphatic rings. The minimum Gasteiger partial charge on any atom is -0.343 e. The number of benzene rings is 1. The van der Waals surface area contributed by atoms with Crippen molar-refractivity contribution in [1.82, 2.24) is 15.1 Å². The van der Waals surface area contributed by atoms with Crippen molar-refractivity contribution in [2.75, 3.05) is 33.2 Å². The third-order valence-corrected chi connectivity index (χ3v) is 4.96. The molecule has 1 aromatic carbocycles. The van der Waals surface area contributed by atoms with Crippen molar-refractivity contribution < 1.29 is 9.59 Å². The van der Waals surface area contributed by atoms with Gasteiger partial charge in [0.25, 0.3) is 5.91 Å². The number of nitriles is 1. The van der Waals surface area contributed by atoms with Gasteiger partial charge in [-0.05, 0) is 43.1 Å². The fraction of sp³-hybridized carbons (Fsp3) is 0.526. The molecule has 6 heteroatoms.